The van der Waals surface area contributed by atoms with Crippen LogP contribution in [-0.2, 0) is 13.6 Å². The monoisotopic (exact) mass is 226 g/mol. The Hall–Kier alpha value is -2.23. The first kappa shape index (κ1) is 9.96. The van der Waals surface area contributed by atoms with Gasteiger partial charge < -0.3 is 10.3 Å². The van der Waals surface area contributed by atoms with Crippen molar-refractivity contribution in [3.8, 4) is 0 Å². The van der Waals surface area contributed by atoms with Crippen LogP contribution in [0.1, 0.15) is 5.69 Å². The average molecular weight is 226 g/mol. The molecule has 17 heavy (non-hydrogen) atoms. The zero-order valence-electron chi connectivity index (χ0n) is 9.67. The molecule has 0 saturated carbocycles. The van der Waals surface area contributed by atoms with E-state index < -0.39 is 0 Å². The predicted octanol–water partition coefficient (Wildman–Crippen LogP) is 2.01. The van der Waals surface area contributed by atoms with Gasteiger partial charge in [0.1, 0.15) is 0 Å². The van der Waals surface area contributed by atoms with Crippen LogP contribution in [0.2, 0.25) is 0 Å². The minimum Gasteiger partial charge on any atom is -0.397 e. The summed E-state index contributed by atoms with van der Waals surface area (Å²) in [6.45, 7) is 0.749. The average Bonchev–Trinajstić information content (AvgIpc) is 2.88. The van der Waals surface area contributed by atoms with Crippen LogP contribution >= 0.6 is 0 Å². The van der Waals surface area contributed by atoms with Crippen LogP contribution in [0.15, 0.2) is 42.7 Å². The molecule has 0 unspecified atom stereocenters. The Morgan fingerprint density at radius 3 is 2.82 bits per heavy atom. The second-order valence-electron chi connectivity index (χ2n) is 4.21. The van der Waals surface area contributed by atoms with Gasteiger partial charge in [0, 0.05) is 24.8 Å². The molecule has 4 heteroatoms. The van der Waals surface area contributed by atoms with E-state index in [1.54, 1.807) is 0 Å². The number of aromatic nitrogens is 3. The normalized spacial score (nSPS) is 11.1. The van der Waals surface area contributed by atoms with Gasteiger partial charge in [-0.25, -0.2) is 0 Å². The highest BCUT2D eigenvalue weighted by Crippen LogP contribution is 2.22. The number of fused-ring (bicyclic) bond motifs is 1. The van der Waals surface area contributed by atoms with Crippen molar-refractivity contribution in [2.24, 2.45) is 7.05 Å². The molecule has 2 heterocycles. The lowest BCUT2D eigenvalue weighted by Crippen LogP contribution is -2.01. The topological polar surface area (TPSA) is 48.8 Å². The lowest BCUT2D eigenvalue weighted by atomic mass is 10.2. The van der Waals surface area contributed by atoms with Crippen LogP contribution in [0.25, 0.3) is 10.9 Å². The van der Waals surface area contributed by atoms with Crippen LogP contribution in [0, 0.1) is 0 Å². The van der Waals surface area contributed by atoms with Crippen molar-refractivity contribution in [2.45, 2.75) is 6.54 Å². The minimum atomic E-state index is 0.749. The zero-order chi connectivity index (χ0) is 11.8. The fourth-order valence-electron chi connectivity index (χ4n) is 2.14. The first-order valence-corrected chi connectivity index (χ1v) is 5.56. The summed E-state index contributed by atoms with van der Waals surface area (Å²) in [6, 6.07) is 10.1. The summed E-state index contributed by atoms with van der Waals surface area (Å²) in [5, 5.41) is 5.54. The Labute approximate surface area is 99.3 Å². The van der Waals surface area contributed by atoms with Crippen molar-refractivity contribution in [1.29, 1.82) is 0 Å². The summed E-state index contributed by atoms with van der Waals surface area (Å²) in [4.78, 5) is 0. The number of rotatable bonds is 2. The molecule has 0 aliphatic heterocycles. The van der Waals surface area contributed by atoms with Gasteiger partial charge in [0.2, 0.25) is 0 Å². The number of nitrogens with two attached hydrogens (primary N) is 1. The third-order valence-electron chi connectivity index (χ3n) is 2.92. The number of nitrogen functional groups attached to an aromatic ring is 1. The lowest BCUT2D eigenvalue weighted by molar-refractivity contribution is 0.717. The molecule has 3 rings (SSSR count). The number of para-hydroxylation sites is 1. The maximum Gasteiger partial charge on any atom is 0.0821 e. The number of benzene rings is 1. The molecule has 0 bridgehead atoms. The third-order valence-corrected chi connectivity index (χ3v) is 2.92. The molecule has 4 nitrogen and oxygen atoms in total. The summed E-state index contributed by atoms with van der Waals surface area (Å²) < 4.78 is 3.94. The second-order valence-corrected chi connectivity index (χ2v) is 4.21. The van der Waals surface area contributed by atoms with Crippen molar-refractivity contribution in [2.75, 3.05) is 5.73 Å². The molecule has 0 spiro atoms. The minimum absolute atomic E-state index is 0.749. The van der Waals surface area contributed by atoms with Gasteiger partial charge in [0.05, 0.1) is 23.4 Å². The summed E-state index contributed by atoms with van der Waals surface area (Å²) >= 11 is 0. The summed E-state index contributed by atoms with van der Waals surface area (Å²) in [5.74, 6) is 0. The highest BCUT2D eigenvalue weighted by molar-refractivity contribution is 5.90. The molecule has 3 aromatic rings. The van der Waals surface area contributed by atoms with Crippen LogP contribution in [0.5, 0.6) is 0 Å². The van der Waals surface area contributed by atoms with Gasteiger partial charge in [-0.2, -0.15) is 5.10 Å². The summed E-state index contributed by atoms with van der Waals surface area (Å²) in [7, 11) is 1.92. The van der Waals surface area contributed by atoms with Crippen molar-refractivity contribution in [3.63, 3.8) is 0 Å². The van der Waals surface area contributed by atoms with E-state index in [4.69, 9.17) is 5.73 Å². The van der Waals surface area contributed by atoms with Crippen molar-refractivity contribution in [1.82, 2.24) is 14.3 Å². The quantitative estimate of drug-likeness (QED) is 0.679. The maximum atomic E-state index is 6.01. The van der Waals surface area contributed by atoms with Crippen LogP contribution < -0.4 is 5.73 Å². The van der Waals surface area contributed by atoms with Crippen LogP contribution in [-0.4, -0.2) is 14.3 Å². The van der Waals surface area contributed by atoms with E-state index in [1.807, 2.05) is 36.1 Å². The maximum absolute atomic E-state index is 6.01. The third kappa shape index (κ3) is 1.67. The highest BCUT2D eigenvalue weighted by Gasteiger charge is 2.05. The number of hydrogen-bond acceptors (Lipinski definition) is 2. The molecule has 0 atom stereocenters. The van der Waals surface area contributed by atoms with E-state index in [9.17, 15) is 0 Å². The van der Waals surface area contributed by atoms with Gasteiger partial charge in [0.25, 0.3) is 0 Å². The van der Waals surface area contributed by atoms with Gasteiger partial charge >= 0.3 is 0 Å². The standard InChI is InChI=1S/C13H14N4/c1-16-7-6-11(15-16)9-17-8-5-10-3-2-4-12(14)13(10)17/h2-8H,9,14H2,1H3. The van der Waals surface area contributed by atoms with E-state index in [-0.39, 0.29) is 0 Å². The molecule has 86 valence electrons. The number of anilines is 1. The van der Waals surface area contributed by atoms with Gasteiger partial charge in [-0.15, -0.1) is 0 Å². The fraction of sp³-hybridized carbons (Fsp3) is 0.154. The first-order chi connectivity index (χ1) is 8.24. The molecule has 2 N–H and O–H groups in total. The Morgan fingerprint density at radius 1 is 1.18 bits per heavy atom. The Bertz CT molecular complexity index is 663. The van der Waals surface area contributed by atoms with E-state index in [0.29, 0.717) is 0 Å². The predicted molar refractivity (Wildman–Crippen MR) is 68.7 cm³/mol. The Kier molecular flexibility index (Phi) is 2.14. The molecule has 2 aromatic heterocycles. The number of aryl methyl sites for hydroxylation is 1. The Morgan fingerprint density at radius 2 is 2.06 bits per heavy atom. The fourth-order valence-corrected chi connectivity index (χ4v) is 2.14. The molecule has 0 aliphatic carbocycles. The number of nitrogens with zero attached hydrogens (tertiary/aromatic N) is 3. The molecule has 0 aliphatic rings. The number of hydrogen-bond donors (Lipinski definition) is 1. The van der Waals surface area contributed by atoms with Crippen LogP contribution in [0.4, 0.5) is 5.69 Å². The smallest absolute Gasteiger partial charge is 0.0821 e. The van der Waals surface area contributed by atoms with Gasteiger partial charge in [-0.3, -0.25) is 4.68 Å². The van der Waals surface area contributed by atoms with Crippen LogP contribution in [0.3, 0.4) is 0 Å². The van der Waals surface area contributed by atoms with Crippen molar-refractivity contribution in [3.05, 3.63) is 48.4 Å². The zero-order valence-corrected chi connectivity index (χ0v) is 9.67. The summed E-state index contributed by atoms with van der Waals surface area (Å²) in [5.41, 5.74) is 8.94. The van der Waals surface area contributed by atoms with E-state index in [0.717, 1.165) is 23.4 Å². The molecule has 0 radical (unpaired) electrons. The van der Waals surface area contributed by atoms with Gasteiger partial charge in [-0.1, -0.05) is 12.1 Å². The SMILES string of the molecule is Cn1ccc(Cn2ccc3cccc(N)c32)n1. The van der Waals surface area contributed by atoms with E-state index >= 15 is 0 Å². The van der Waals surface area contributed by atoms with Crippen molar-refractivity contribution < 1.29 is 0 Å². The largest absolute Gasteiger partial charge is 0.397 e. The highest BCUT2D eigenvalue weighted by atomic mass is 15.3. The molecule has 0 saturated heterocycles. The molecule has 1 aromatic carbocycles. The Balaban J connectivity index is 2.06. The lowest BCUT2D eigenvalue weighted by Gasteiger charge is -2.05. The van der Waals surface area contributed by atoms with Gasteiger partial charge in [-0.05, 0) is 18.2 Å². The molecule has 0 amide bonds. The van der Waals surface area contributed by atoms with Crippen molar-refractivity contribution >= 4 is 16.6 Å². The van der Waals surface area contributed by atoms with E-state index in [1.165, 1.54) is 5.39 Å². The molecular weight excluding hydrogens is 212 g/mol. The first-order valence-electron chi connectivity index (χ1n) is 5.56. The van der Waals surface area contributed by atoms with E-state index in [2.05, 4.69) is 28.0 Å². The summed E-state index contributed by atoms with van der Waals surface area (Å²) in [6.07, 6.45) is 4.00. The van der Waals surface area contributed by atoms with Gasteiger partial charge in [0.15, 0.2) is 0 Å². The molecular formula is C13H14N4. The molecule has 0 fully saturated rings. The second kappa shape index (κ2) is 3.66.